The van der Waals surface area contributed by atoms with Gasteiger partial charge in [-0.25, -0.2) is 0 Å². The van der Waals surface area contributed by atoms with Crippen molar-refractivity contribution in [1.82, 2.24) is 0 Å². The molecule has 2 rings (SSSR count). The largest absolute Gasteiger partial charge is 0.433 e. The van der Waals surface area contributed by atoms with Gasteiger partial charge in [0, 0.05) is 0 Å². The summed E-state index contributed by atoms with van der Waals surface area (Å²) in [4.78, 5) is 10.1. The maximum atomic E-state index is 10.7. The lowest BCUT2D eigenvalue weighted by atomic mass is 10.0. The molecule has 0 amide bonds. The lowest BCUT2D eigenvalue weighted by Gasteiger charge is -2.09. The maximum Gasteiger partial charge on any atom is 0.433 e. The van der Waals surface area contributed by atoms with E-state index >= 15 is 0 Å². The van der Waals surface area contributed by atoms with Crippen LogP contribution in [0.5, 0.6) is 0 Å². The van der Waals surface area contributed by atoms with Crippen molar-refractivity contribution >= 4 is 5.88 Å². The van der Waals surface area contributed by atoms with Gasteiger partial charge in [-0.05, 0) is 12.5 Å². The van der Waals surface area contributed by atoms with Crippen LogP contribution in [0.15, 0.2) is 16.5 Å². The topological polar surface area (TPSA) is 74.7 Å². The number of hydrogen-bond acceptors (Lipinski definition) is 5. The fraction of sp³-hybridized carbons (Fsp3) is 0.826. The Morgan fingerprint density at radius 1 is 0.897 bits per heavy atom. The first kappa shape index (κ1) is 23.9. The molecule has 1 aliphatic heterocycles. The monoisotopic (exact) mass is 409 g/mol. The van der Waals surface area contributed by atoms with E-state index in [0.29, 0.717) is 12.4 Å². The van der Waals surface area contributed by atoms with Crippen LogP contribution in [0.4, 0.5) is 5.88 Å². The summed E-state index contributed by atoms with van der Waals surface area (Å²) in [5.74, 6) is 0.0998. The highest BCUT2D eigenvalue weighted by Crippen LogP contribution is 2.32. The van der Waals surface area contributed by atoms with E-state index < -0.39 is 11.2 Å². The van der Waals surface area contributed by atoms with Gasteiger partial charge in [-0.15, -0.1) is 0 Å². The molecule has 1 aromatic heterocycles. The van der Waals surface area contributed by atoms with Gasteiger partial charge in [0.2, 0.25) is 6.29 Å². The van der Waals surface area contributed by atoms with Crippen LogP contribution in [-0.4, -0.2) is 17.6 Å². The summed E-state index contributed by atoms with van der Waals surface area (Å²) in [7, 11) is 0. The van der Waals surface area contributed by atoms with Gasteiger partial charge >= 0.3 is 5.88 Å². The van der Waals surface area contributed by atoms with Crippen LogP contribution in [0.1, 0.15) is 115 Å². The summed E-state index contributed by atoms with van der Waals surface area (Å²) in [5, 5.41) is 10.7. The second-order valence-corrected chi connectivity index (χ2v) is 8.24. The predicted octanol–water partition coefficient (Wildman–Crippen LogP) is 7.47. The van der Waals surface area contributed by atoms with Crippen LogP contribution in [0.3, 0.4) is 0 Å². The van der Waals surface area contributed by atoms with Gasteiger partial charge in [-0.2, -0.15) is 0 Å². The molecule has 0 bridgehead atoms. The lowest BCUT2D eigenvalue weighted by Crippen LogP contribution is -2.09. The van der Waals surface area contributed by atoms with Crippen LogP contribution in [0.25, 0.3) is 0 Å². The number of nitrogens with zero attached hydrogens (tertiary/aromatic N) is 1. The Labute approximate surface area is 175 Å². The normalized spacial score (nSPS) is 19.1. The van der Waals surface area contributed by atoms with Gasteiger partial charge in [-0.1, -0.05) is 96.8 Å². The van der Waals surface area contributed by atoms with Crippen LogP contribution in [0, 0.1) is 10.1 Å². The number of hydrogen-bond donors (Lipinski definition) is 0. The van der Waals surface area contributed by atoms with Crippen molar-refractivity contribution < 1.29 is 18.8 Å². The standard InChI is InChI=1S/C23H39NO5/c1-2-3-4-5-6-7-8-9-10-11-12-13-14-15-16-20-19-27-23(28-20)21-17-18-22(29-21)24(25)26/h17-18,20,23H,2-16,19H2,1H3. The molecule has 0 saturated carbocycles. The molecule has 0 spiro atoms. The highest BCUT2D eigenvalue weighted by Gasteiger charge is 2.30. The van der Waals surface area contributed by atoms with Crippen LogP contribution < -0.4 is 0 Å². The zero-order chi connectivity index (χ0) is 20.7. The third-order valence-corrected chi connectivity index (χ3v) is 5.65. The number of rotatable bonds is 17. The van der Waals surface area contributed by atoms with Gasteiger partial charge in [0.25, 0.3) is 0 Å². The van der Waals surface area contributed by atoms with E-state index in [2.05, 4.69) is 6.92 Å². The van der Waals surface area contributed by atoms with Crippen LogP contribution in [-0.2, 0) is 9.47 Å². The Hall–Kier alpha value is -1.40. The fourth-order valence-corrected chi connectivity index (χ4v) is 3.88. The highest BCUT2D eigenvalue weighted by atomic mass is 16.7. The maximum absolute atomic E-state index is 10.7. The van der Waals surface area contributed by atoms with E-state index in [1.165, 1.54) is 89.5 Å². The van der Waals surface area contributed by atoms with E-state index in [1.807, 2.05) is 0 Å². The second-order valence-electron chi connectivity index (χ2n) is 8.24. The van der Waals surface area contributed by atoms with E-state index in [1.54, 1.807) is 6.07 Å². The summed E-state index contributed by atoms with van der Waals surface area (Å²) in [5.41, 5.74) is 0. The van der Waals surface area contributed by atoms with Crippen LogP contribution in [0.2, 0.25) is 0 Å². The van der Waals surface area contributed by atoms with Gasteiger partial charge < -0.3 is 13.9 Å². The molecule has 0 radical (unpaired) electrons. The zero-order valence-corrected chi connectivity index (χ0v) is 18.1. The SMILES string of the molecule is CCCCCCCCCCCCCCCCC1COC(c2ccc([N+](=O)[O-])o2)O1. The first-order valence-corrected chi connectivity index (χ1v) is 11.7. The molecule has 1 aromatic rings. The first-order chi connectivity index (χ1) is 14.2. The number of furan rings is 1. The molecule has 1 aliphatic rings. The van der Waals surface area contributed by atoms with Gasteiger partial charge in [0.05, 0.1) is 18.8 Å². The van der Waals surface area contributed by atoms with Crippen molar-refractivity contribution in [2.75, 3.05) is 6.61 Å². The quantitative estimate of drug-likeness (QED) is 0.151. The van der Waals surface area contributed by atoms with Crippen LogP contribution >= 0.6 is 0 Å². The van der Waals surface area contributed by atoms with Gasteiger partial charge in [-0.3, -0.25) is 10.1 Å². The molecule has 2 atom stereocenters. The Morgan fingerprint density at radius 3 is 1.97 bits per heavy atom. The molecule has 2 unspecified atom stereocenters. The lowest BCUT2D eigenvalue weighted by molar-refractivity contribution is -0.402. The third-order valence-electron chi connectivity index (χ3n) is 5.65. The molecule has 2 heterocycles. The summed E-state index contributed by atoms with van der Waals surface area (Å²) in [6.45, 7) is 2.80. The molecule has 6 nitrogen and oxygen atoms in total. The summed E-state index contributed by atoms with van der Waals surface area (Å²) < 4.78 is 16.5. The van der Waals surface area contributed by atoms with E-state index in [9.17, 15) is 10.1 Å². The van der Waals surface area contributed by atoms with Crippen molar-refractivity contribution in [3.8, 4) is 0 Å². The minimum absolute atomic E-state index is 0.0569. The summed E-state index contributed by atoms with van der Waals surface area (Å²) in [6.07, 6.45) is 19.4. The first-order valence-electron chi connectivity index (χ1n) is 11.7. The number of unbranched alkanes of at least 4 members (excludes halogenated alkanes) is 13. The fourth-order valence-electron chi connectivity index (χ4n) is 3.88. The Kier molecular flexibility index (Phi) is 12.0. The number of nitro groups is 1. The number of ether oxygens (including phenoxy) is 2. The molecule has 6 heteroatoms. The van der Waals surface area contributed by atoms with Crippen molar-refractivity contribution in [3.05, 3.63) is 28.0 Å². The third kappa shape index (κ3) is 9.77. The van der Waals surface area contributed by atoms with Crippen molar-refractivity contribution in [1.29, 1.82) is 0 Å². The molecule has 0 aliphatic carbocycles. The van der Waals surface area contributed by atoms with E-state index in [4.69, 9.17) is 13.9 Å². The smallest absolute Gasteiger partial charge is 0.400 e. The molecule has 1 saturated heterocycles. The van der Waals surface area contributed by atoms with E-state index in [-0.39, 0.29) is 12.0 Å². The molecule has 0 N–H and O–H groups in total. The molecule has 29 heavy (non-hydrogen) atoms. The molecule has 1 fully saturated rings. The molecule has 0 aromatic carbocycles. The van der Waals surface area contributed by atoms with E-state index in [0.717, 1.165) is 12.8 Å². The molecular formula is C23H39NO5. The summed E-state index contributed by atoms with van der Waals surface area (Å²) in [6, 6.07) is 2.89. The minimum atomic E-state index is -0.611. The Bertz CT molecular complexity index is 559. The molecular weight excluding hydrogens is 370 g/mol. The average molecular weight is 410 g/mol. The second kappa shape index (κ2) is 14.6. The van der Waals surface area contributed by atoms with Crippen molar-refractivity contribution in [2.24, 2.45) is 0 Å². The zero-order valence-electron chi connectivity index (χ0n) is 18.1. The van der Waals surface area contributed by atoms with Gasteiger partial charge in [0.1, 0.15) is 4.92 Å². The Balaban J connectivity index is 1.38. The van der Waals surface area contributed by atoms with Crippen molar-refractivity contribution in [3.63, 3.8) is 0 Å². The highest BCUT2D eigenvalue weighted by molar-refractivity contribution is 5.18. The Morgan fingerprint density at radius 2 is 1.45 bits per heavy atom. The summed E-state index contributed by atoms with van der Waals surface area (Å²) >= 11 is 0. The van der Waals surface area contributed by atoms with Crippen molar-refractivity contribution in [2.45, 2.75) is 116 Å². The molecule has 166 valence electrons. The van der Waals surface area contributed by atoms with Gasteiger partial charge in [0.15, 0.2) is 5.76 Å². The average Bonchev–Trinajstić information content (AvgIpc) is 3.38. The minimum Gasteiger partial charge on any atom is -0.400 e. The predicted molar refractivity (Wildman–Crippen MR) is 114 cm³/mol.